The molecule has 0 aliphatic carbocycles. The molecule has 0 unspecified atom stereocenters. The van der Waals surface area contributed by atoms with Crippen molar-refractivity contribution in [3.8, 4) is 5.75 Å². The number of rotatable bonds is 2. The average molecular weight is 215 g/mol. The largest absolute Gasteiger partial charge is 0.432 e. The van der Waals surface area contributed by atoms with E-state index in [1.165, 1.54) is 0 Å². The van der Waals surface area contributed by atoms with Crippen LogP contribution in [0.15, 0.2) is 12.1 Å². The minimum atomic E-state index is -3.20. The Hall–Kier alpha value is -0.970. The van der Waals surface area contributed by atoms with Gasteiger partial charge in [-0.1, -0.05) is 11.6 Å². The van der Waals surface area contributed by atoms with Crippen molar-refractivity contribution in [3.63, 3.8) is 0 Å². The number of alkyl halides is 2. The minimum absolute atomic E-state index is 0.462. The Morgan fingerprint density at radius 2 is 1.77 bits per heavy atom. The van der Waals surface area contributed by atoms with Gasteiger partial charge in [-0.3, -0.25) is 0 Å². The van der Waals surface area contributed by atoms with Gasteiger partial charge in [0.2, 0.25) is 0 Å². The molecule has 0 aliphatic heterocycles. The number of hydrogen-bond donors (Lipinski definition) is 0. The van der Waals surface area contributed by atoms with Gasteiger partial charge in [-0.25, -0.2) is 8.78 Å². The second kappa shape index (κ2) is 3.83. The zero-order valence-corrected chi connectivity index (χ0v) is 6.79. The fourth-order valence-corrected chi connectivity index (χ4v) is 0.841. The molecule has 0 bridgehead atoms. The lowest BCUT2D eigenvalue weighted by molar-refractivity contribution is -0.0523. The minimum Gasteiger partial charge on any atom is -0.432 e. The molecule has 1 rings (SSSR count). The zero-order valence-electron chi connectivity index (χ0n) is 6.03. The summed E-state index contributed by atoms with van der Waals surface area (Å²) in [5.41, 5.74) is 0. The molecule has 0 atom stereocenters. The summed E-state index contributed by atoms with van der Waals surface area (Å²) in [5.74, 6) is -3.01. The maximum Gasteiger partial charge on any atom is 0.387 e. The van der Waals surface area contributed by atoms with Crippen molar-refractivity contribution in [2.24, 2.45) is 0 Å². The Balaban J connectivity index is 3.01. The molecule has 0 spiro atoms. The number of hydrogen-bond acceptors (Lipinski definition) is 1. The molecule has 13 heavy (non-hydrogen) atoms. The van der Waals surface area contributed by atoms with Crippen LogP contribution in [0.25, 0.3) is 0 Å². The quantitative estimate of drug-likeness (QED) is 0.543. The molecule has 0 heterocycles. The van der Waals surface area contributed by atoms with E-state index in [4.69, 9.17) is 11.6 Å². The third-order valence-corrected chi connectivity index (χ3v) is 1.48. The lowest BCUT2D eigenvalue weighted by atomic mass is 10.3. The average Bonchev–Trinajstić information content (AvgIpc) is 1.99. The maximum absolute atomic E-state index is 12.7. The summed E-state index contributed by atoms with van der Waals surface area (Å²) < 4.78 is 52.1. The van der Waals surface area contributed by atoms with Crippen molar-refractivity contribution >= 4 is 11.6 Å². The molecule has 0 aliphatic rings. The Bertz CT molecular complexity index is 316. The molecule has 0 saturated carbocycles. The summed E-state index contributed by atoms with van der Waals surface area (Å²) >= 11 is 5.16. The van der Waals surface area contributed by atoms with Gasteiger partial charge in [-0.2, -0.15) is 8.78 Å². The highest BCUT2D eigenvalue weighted by molar-refractivity contribution is 6.30. The van der Waals surface area contributed by atoms with Gasteiger partial charge in [0, 0.05) is 6.07 Å². The highest BCUT2D eigenvalue weighted by Gasteiger charge is 2.13. The summed E-state index contributed by atoms with van der Waals surface area (Å²) in [6, 6.07) is 1.03. The summed E-state index contributed by atoms with van der Waals surface area (Å²) in [4.78, 5) is 0. The second-order valence-electron chi connectivity index (χ2n) is 2.08. The fraction of sp³-hybridized carbons (Fsp3) is 0.143. The van der Waals surface area contributed by atoms with Gasteiger partial charge in [0.05, 0.1) is 5.02 Å². The predicted molar refractivity (Wildman–Crippen MR) is 38.0 cm³/mol. The van der Waals surface area contributed by atoms with Gasteiger partial charge in [0.15, 0.2) is 11.6 Å². The van der Waals surface area contributed by atoms with E-state index in [1.807, 2.05) is 0 Å². The van der Waals surface area contributed by atoms with Crippen molar-refractivity contribution in [2.45, 2.75) is 6.61 Å². The first kappa shape index (κ1) is 10.1. The van der Waals surface area contributed by atoms with E-state index in [0.717, 1.165) is 0 Å². The Morgan fingerprint density at radius 3 is 2.31 bits per heavy atom. The first-order valence-corrected chi connectivity index (χ1v) is 3.48. The van der Waals surface area contributed by atoms with Crippen molar-refractivity contribution in [3.05, 3.63) is 28.8 Å². The van der Waals surface area contributed by atoms with Crippen molar-refractivity contribution < 1.29 is 22.3 Å². The van der Waals surface area contributed by atoms with Crippen LogP contribution < -0.4 is 4.74 Å². The molecule has 1 aromatic rings. The molecule has 0 saturated heterocycles. The third-order valence-electron chi connectivity index (χ3n) is 1.19. The van der Waals surface area contributed by atoms with E-state index in [1.54, 1.807) is 0 Å². The van der Waals surface area contributed by atoms with Gasteiger partial charge in [-0.05, 0) is 6.07 Å². The van der Waals surface area contributed by atoms with Crippen LogP contribution in [0.3, 0.4) is 0 Å². The van der Waals surface area contributed by atoms with Crippen LogP contribution in [0.5, 0.6) is 5.75 Å². The van der Waals surface area contributed by atoms with E-state index >= 15 is 0 Å². The van der Waals surface area contributed by atoms with Gasteiger partial charge in [-0.15, -0.1) is 0 Å². The lowest BCUT2D eigenvalue weighted by Gasteiger charge is -2.05. The molecular formula is C7H3ClF4O. The summed E-state index contributed by atoms with van der Waals surface area (Å²) in [6.07, 6.45) is 0. The van der Waals surface area contributed by atoms with E-state index in [0.29, 0.717) is 12.1 Å². The number of ether oxygens (including phenoxy) is 1. The molecule has 6 heteroatoms. The van der Waals surface area contributed by atoms with Crippen LogP contribution in [0.1, 0.15) is 0 Å². The van der Waals surface area contributed by atoms with E-state index in [-0.39, 0.29) is 0 Å². The second-order valence-corrected chi connectivity index (χ2v) is 2.48. The number of halogens is 5. The molecule has 72 valence electrons. The lowest BCUT2D eigenvalue weighted by Crippen LogP contribution is -2.04. The molecule has 0 radical (unpaired) electrons. The molecule has 0 amide bonds. The van der Waals surface area contributed by atoms with Crippen LogP contribution in [-0.4, -0.2) is 6.61 Å². The number of benzene rings is 1. The van der Waals surface area contributed by atoms with Crippen LogP contribution in [0.4, 0.5) is 17.6 Å². The van der Waals surface area contributed by atoms with Gasteiger partial charge < -0.3 is 4.74 Å². The van der Waals surface area contributed by atoms with Crippen LogP contribution in [0.2, 0.25) is 5.02 Å². The topological polar surface area (TPSA) is 9.23 Å². The Kier molecular flexibility index (Phi) is 2.98. The molecule has 1 nitrogen and oxygen atoms in total. The van der Waals surface area contributed by atoms with Gasteiger partial charge in [0.1, 0.15) is 5.82 Å². The molecule has 0 aromatic heterocycles. The Labute approximate surface area is 75.9 Å². The van der Waals surface area contributed by atoms with E-state index < -0.39 is 29.0 Å². The normalized spacial score (nSPS) is 10.6. The molecule has 1 aromatic carbocycles. The monoisotopic (exact) mass is 214 g/mol. The molecule has 0 fully saturated rings. The van der Waals surface area contributed by atoms with E-state index in [2.05, 4.69) is 4.74 Å². The molecular weight excluding hydrogens is 212 g/mol. The molecule has 0 N–H and O–H groups in total. The summed E-state index contributed by atoms with van der Waals surface area (Å²) in [6.45, 7) is -3.20. The van der Waals surface area contributed by atoms with Crippen molar-refractivity contribution in [2.75, 3.05) is 0 Å². The standard InChI is InChI=1S/C7H3ClF4O/c8-3-1-5(10)6(2-4(3)9)13-7(11)12/h1-2,7H. The first-order chi connectivity index (χ1) is 6.00. The third kappa shape index (κ3) is 2.48. The van der Waals surface area contributed by atoms with Crippen LogP contribution in [-0.2, 0) is 0 Å². The predicted octanol–water partition coefficient (Wildman–Crippen LogP) is 3.22. The SMILES string of the molecule is Fc1cc(OC(F)F)c(F)cc1Cl. The van der Waals surface area contributed by atoms with Crippen LogP contribution in [0, 0.1) is 11.6 Å². The van der Waals surface area contributed by atoms with Gasteiger partial charge in [0.25, 0.3) is 0 Å². The highest BCUT2D eigenvalue weighted by atomic mass is 35.5. The Morgan fingerprint density at radius 1 is 1.15 bits per heavy atom. The smallest absolute Gasteiger partial charge is 0.387 e. The van der Waals surface area contributed by atoms with Crippen LogP contribution >= 0.6 is 11.6 Å². The summed E-state index contributed by atoms with van der Waals surface area (Å²) in [7, 11) is 0. The highest BCUT2D eigenvalue weighted by Crippen LogP contribution is 2.25. The summed E-state index contributed by atoms with van der Waals surface area (Å²) in [5, 5.41) is -0.487. The first-order valence-electron chi connectivity index (χ1n) is 3.10. The maximum atomic E-state index is 12.7. The fourth-order valence-electron chi connectivity index (χ4n) is 0.691. The van der Waals surface area contributed by atoms with Crippen molar-refractivity contribution in [1.29, 1.82) is 0 Å². The van der Waals surface area contributed by atoms with Crippen molar-refractivity contribution in [1.82, 2.24) is 0 Å². The van der Waals surface area contributed by atoms with E-state index in [9.17, 15) is 17.6 Å². The van der Waals surface area contributed by atoms with Gasteiger partial charge >= 0.3 is 6.61 Å². The zero-order chi connectivity index (χ0) is 10.0.